The third-order valence-corrected chi connectivity index (χ3v) is 23.5. The van der Waals surface area contributed by atoms with Crippen molar-refractivity contribution in [2.24, 2.45) is 35.5 Å². The normalized spacial score (nSPS) is 15.7. The topological polar surface area (TPSA) is 79.2 Å². The number of aryl methyl sites for hydroxylation is 4. The van der Waals surface area contributed by atoms with Crippen LogP contribution in [0.25, 0.3) is 89.0 Å². The van der Waals surface area contributed by atoms with Crippen LogP contribution in [0.15, 0.2) is 279 Å². The summed E-state index contributed by atoms with van der Waals surface area (Å²) in [4.78, 5) is 0. The van der Waals surface area contributed by atoms with Gasteiger partial charge in [0.2, 0.25) is 23.3 Å². The van der Waals surface area contributed by atoms with Gasteiger partial charge in [-0.1, -0.05) is 226 Å². The number of rotatable bonds is 15. The van der Waals surface area contributed by atoms with E-state index in [9.17, 15) is 43.9 Å². The van der Waals surface area contributed by atoms with Gasteiger partial charge in [-0.05, 0) is 230 Å². The van der Waals surface area contributed by atoms with Crippen molar-refractivity contribution < 1.29 is 265 Å². The number of phenolic OH excluding ortho intramolecular Hbond substituents is 3. The molecule has 0 heterocycles. The Kier molecular flexibility index (Phi) is 49.2. The summed E-state index contributed by atoms with van der Waals surface area (Å²) in [6, 6.07) is 89.5. The van der Waals surface area contributed by atoms with E-state index in [1.807, 2.05) is 136 Å². The molecule has 0 saturated heterocycles. The molecule has 5 nitrogen and oxygen atoms in total. The number of hydrogen-bond donors (Lipinski definition) is 3. The van der Waals surface area contributed by atoms with Crippen LogP contribution in [0, 0.1) is 140 Å². The molecule has 0 aliphatic heterocycles. The van der Waals surface area contributed by atoms with Gasteiger partial charge in [0, 0.05) is 219 Å². The molecular weight excluding hydrogens is 2120 g/mol. The second-order valence-corrected chi connectivity index (χ2v) is 32.9. The molecule has 3 fully saturated rings. The summed E-state index contributed by atoms with van der Waals surface area (Å²) in [5, 5.41) is 27.3. The Balaban J connectivity index is 0.000000242. The Morgan fingerprint density at radius 2 is 0.550 bits per heavy atom. The van der Waals surface area contributed by atoms with Crippen molar-refractivity contribution in [3.8, 4) is 118 Å². The minimum absolute atomic E-state index is 0. The Hall–Kier alpha value is -6.00. The van der Waals surface area contributed by atoms with E-state index >= 15 is 0 Å². The summed E-state index contributed by atoms with van der Waals surface area (Å²) < 4.78 is 148. The van der Waals surface area contributed by atoms with Crippen LogP contribution in [0.2, 0.25) is 0 Å². The zero-order chi connectivity index (χ0) is 88.6. The minimum Gasteiger partial charge on any atom is -0.508 e. The van der Waals surface area contributed by atoms with Crippen molar-refractivity contribution in [1.82, 2.24) is 0 Å². The largest absolute Gasteiger partial charge is 0.508 e. The Labute approximate surface area is 915 Å². The van der Waals surface area contributed by atoms with Gasteiger partial charge in [-0.25, -0.2) is 26.3 Å². The van der Waals surface area contributed by atoms with E-state index in [1.165, 1.54) is 92.3 Å². The van der Waals surface area contributed by atoms with Gasteiger partial charge in [0.1, 0.15) is 17.4 Å². The van der Waals surface area contributed by atoms with Crippen LogP contribution < -0.4 is 9.47 Å². The second-order valence-electron chi connectivity index (χ2n) is 32.9. The van der Waals surface area contributed by atoms with Crippen molar-refractivity contribution in [1.29, 1.82) is 0 Å². The van der Waals surface area contributed by atoms with Gasteiger partial charge in [0.25, 0.3) is 0 Å². The molecule has 662 valence electrons. The standard InChI is InChI=1S/C25H16F3.C20H28F2O2.C19H13F2.C19H14F.C14H18F2O2.C13H12O.6Y/c1-16-2-4-17(5-3-16)18-6-8-19(9-7-18)20-10-11-24(25(28)14-20)21-12-22(26)15-23(27)13-21;1-13-2-6-15(7-3-13)16-8-4-14(5-9-16)12-24-18-11-10-17(23)19(21)20(18)22;1-13-7-9-15(10-8-13)17-12-11-16(18(20)19(17)21)14-5-3-2-4-6-14;1-14-7-12-18(19(20)13-14)17-10-8-16(9-11-17)15-5-3-2-4-6-15;1-9-2-4-10(5-3-9)8-18-12-7-6-11(17)13(15)14(12)16;1-10-2-4-11(5-3-10)12-6-8-13(14)9-7-12;;;;;;/h2-14H,1H3;10-11,13-16,23H,2-9,12H2,1H3;3-12H,1H3;3-13H,1H3;6-7,9-10,17H,2-5,8H2,1H3;2-9,14H,1H3;;;;;;/q-1;;2*-1;;;;;;;;. The van der Waals surface area contributed by atoms with Crippen LogP contribution in [-0.2, 0) is 196 Å². The fourth-order valence-corrected chi connectivity index (χ4v) is 15.9. The van der Waals surface area contributed by atoms with E-state index in [2.05, 4.69) is 81.4 Å². The van der Waals surface area contributed by atoms with Gasteiger partial charge in [-0.3, -0.25) is 0 Å². The van der Waals surface area contributed by atoms with Crippen LogP contribution in [-0.4, -0.2) is 28.5 Å². The molecule has 14 aromatic carbocycles. The molecule has 0 atom stereocenters. The van der Waals surface area contributed by atoms with Crippen molar-refractivity contribution in [2.75, 3.05) is 13.2 Å². The molecule has 131 heavy (non-hydrogen) atoms. The average molecular weight is 2230 g/mol. The van der Waals surface area contributed by atoms with Crippen LogP contribution >= 0.6 is 0 Å². The second kappa shape index (κ2) is 56.6. The summed E-state index contributed by atoms with van der Waals surface area (Å²) in [6.07, 6.45) is 14.7. The van der Waals surface area contributed by atoms with Crippen LogP contribution in [0.3, 0.4) is 0 Å². The smallest absolute Gasteiger partial charge is 0.204 e. The Morgan fingerprint density at radius 3 is 0.954 bits per heavy atom. The third kappa shape index (κ3) is 33.4. The number of aromatic hydroxyl groups is 3. The molecule has 0 spiro atoms. The van der Waals surface area contributed by atoms with Crippen LogP contribution in [0.1, 0.15) is 113 Å². The third-order valence-electron chi connectivity index (χ3n) is 23.5. The quantitative estimate of drug-likeness (QED) is 0.0704. The SMILES string of the molecule is CC1CCC(C2CCC(COc3ccc(O)c(F)c3F)CC2)CC1.CC1CCC(COc2ccc(O)c(F)c2F)CC1.Cc1ccc(-c2ccc(-c3cc[c-]cc3)c(F)c2F)cc1.Cc1ccc(-c2ccc(-c3cc[c-]cc3)cc2)c(F)c1.Cc1ccc(-c2ccc(-c3ccc(-c4cc(F)[c-]c(F)c4)c(F)c3)cc2)cc1.Cc1ccc(-c2ccc(O)cc2)cc1.[Y].[Y].[Y].[Y].[Y].[Y]. The zero-order valence-electron chi connectivity index (χ0n) is 74.3. The summed E-state index contributed by atoms with van der Waals surface area (Å²) in [5.41, 5.74) is 16.5. The fraction of sp³-hybridized carbons (Fsp3) is 0.236. The molecule has 21 heteroatoms. The molecule has 14 aromatic rings. The molecule has 0 unspecified atom stereocenters. The molecule has 6 radical (unpaired) electrons. The van der Waals surface area contributed by atoms with Crippen molar-refractivity contribution in [3.63, 3.8) is 0 Å². The van der Waals surface area contributed by atoms with E-state index in [0.717, 1.165) is 124 Å². The van der Waals surface area contributed by atoms with Crippen molar-refractivity contribution in [2.45, 2.75) is 119 Å². The van der Waals surface area contributed by atoms with Crippen molar-refractivity contribution in [3.05, 3.63) is 378 Å². The predicted octanol–water partition coefficient (Wildman–Crippen LogP) is 30.8. The van der Waals surface area contributed by atoms with E-state index in [0.29, 0.717) is 53.1 Å². The first-order valence-electron chi connectivity index (χ1n) is 42.4. The monoisotopic (exact) mass is 2230 g/mol. The molecule has 3 aliphatic rings. The molecule has 3 saturated carbocycles. The van der Waals surface area contributed by atoms with Gasteiger partial charge in [0.05, 0.1) is 13.2 Å². The first-order chi connectivity index (χ1) is 60.3. The molecular formula is C110H101F10O5Y6-3. The molecule has 17 rings (SSSR count). The number of benzene rings is 14. The first kappa shape index (κ1) is 114. The summed E-state index contributed by atoms with van der Waals surface area (Å²) >= 11 is 0. The minimum atomic E-state index is -1.25. The Morgan fingerprint density at radius 1 is 0.267 bits per heavy atom. The maximum absolute atomic E-state index is 14.6. The molecule has 0 aromatic heterocycles. The number of hydrogen-bond acceptors (Lipinski definition) is 5. The van der Waals surface area contributed by atoms with Gasteiger partial charge in [-0.15, -0.1) is 34.9 Å². The van der Waals surface area contributed by atoms with Gasteiger partial charge in [-0.2, -0.15) is 78.2 Å². The molecule has 0 bridgehead atoms. The van der Waals surface area contributed by atoms with Gasteiger partial charge < -0.3 is 24.8 Å². The maximum Gasteiger partial charge on any atom is 0.204 e. The average Bonchev–Trinajstić information content (AvgIpc) is 0.792. The summed E-state index contributed by atoms with van der Waals surface area (Å²) in [5.74, 6) is -5.81. The van der Waals surface area contributed by atoms with E-state index in [1.54, 1.807) is 72.8 Å². The number of halogens is 10. The fourth-order valence-electron chi connectivity index (χ4n) is 15.9. The molecule has 3 N–H and O–H groups in total. The molecule has 3 aliphatic carbocycles. The Bertz CT molecular complexity index is 5760. The van der Waals surface area contributed by atoms with E-state index < -0.39 is 63.9 Å². The van der Waals surface area contributed by atoms with Crippen LogP contribution in [0.4, 0.5) is 43.9 Å². The predicted molar refractivity (Wildman–Crippen MR) is 481 cm³/mol. The van der Waals surface area contributed by atoms with Crippen molar-refractivity contribution >= 4 is 0 Å². The van der Waals surface area contributed by atoms with E-state index in [4.69, 9.17) is 24.8 Å². The van der Waals surface area contributed by atoms with E-state index in [-0.39, 0.29) is 236 Å². The van der Waals surface area contributed by atoms with Crippen LogP contribution in [0.5, 0.6) is 28.7 Å². The van der Waals surface area contributed by atoms with Gasteiger partial charge >= 0.3 is 0 Å². The summed E-state index contributed by atoms with van der Waals surface area (Å²) in [6.45, 7) is 13.4. The summed E-state index contributed by atoms with van der Waals surface area (Å²) in [7, 11) is 0. The number of phenols is 3. The molecule has 0 amide bonds. The van der Waals surface area contributed by atoms with Gasteiger partial charge in [0.15, 0.2) is 34.6 Å². The maximum atomic E-state index is 14.6. The zero-order valence-corrected chi connectivity index (χ0v) is 91.4. The number of ether oxygens (including phenoxy) is 2. The first-order valence-corrected chi connectivity index (χ1v) is 42.4.